The molecule has 1 fully saturated rings. The average Bonchev–Trinajstić information content (AvgIpc) is 3.61. The van der Waals surface area contributed by atoms with E-state index >= 15 is 0 Å². The molecule has 0 spiro atoms. The number of thiazole rings is 1. The number of pyridine rings is 1. The summed E-state index contributed by atoms with van der Waals surface area (Å²) in [7, 11) is 0. The summed E-state index contributed by atoms with van der Waals surface area (Å²) >= 11 is 7.52. The zero-order valence-corrected chi connectivity index (χ0v) is 21.0. The standard InChI is InChI=1S/C27H22N6OS2/c1-17(34)29-18-11-13-19(14-12-18)33-25(24(31-26(33)35)21-8-4-5-15-28-21)22-9-6-16-32(22)27-30-20-7-2-3-10-23(20)36-27/h2-16,24-25H,1H3,(H,29,34)(H,31,35)/t24-,25+/m1/s1. The lowest BCUT2D eigenvalue weighted by molar-refractivity contribution is -0.114. The van der Waals surface area contributed by atoms with E-state index in [4.69, 9.17) is 17.2 Å². The van der Waals surface area contributed by atoms with E-state index in [1.165, 1.54) is 6.92 Å². The zero-order chi connectivity index (χ0) is 24.6. The molecule has 2 aromatic carbocycles. The Bertz CT molecular complexity index is 1530. The minimum atomic E-state index is -0.180. The summed E-state index contributed by atoms with van der Waals surface area (Å²) in [5.41, 5.74) is 4.58. The molecule has 3 aromatic heterocycles. The van der Waals surface area contributed by atoms with E-state index in [-0.39, 0.29) is 18.0 Å². The lowest BCUT2D eigenvalue weighted by Crippen LogP contribution is -2.30. The van der Waals surface area contributed by atoms with Gasteiger partial charge in [-0.1, -0.05) is 29.5 Å². The van der Waals surface area contributed by atoms with Gasteiger partial charge in [0.2, 0.25) is 5.91 Å². The van der Waals surface area contributed by atoms with Crippen LogP contribution in [0, 0.1) is 0 Å². The molecule has 1 saturated heterocycles. The molecule has 4 heterocycles. The van der Waals surface area contributed by atoms with Gasteiger partial charge in [0.1, 0.15) is 6.04 Å². The van der Waals surface area contributed by atoms with Crippen LogP contribution in [0.25, 0.3) is 15.3 Å². The summed E-state index contributed by atoms with van der Waals surface area (Å²) < 4.78 is 3.28. The van der Waals surface area contributed by atoms with Crippen molar-refractivity contribution in [3.05, 3.63) is 103 Å². The molecule has 2 atom stereocenters. The van der Waals surface area contributed by atoms with E-state index in [1.807, 2.05) is 72.9 Å². The monoisotopic (exact) mass is 510 g/mol. The van der Waals surface area contributed by atoms with Crippen molar-refractivity contribution in [2.45, 2.75) is 19.0 Å². The Labute approximate surface area is 217 Å². The number of nitrogens with zero attached hydrogens (tertiary/aromatic N) is 4. The molecule has 5 aromatic rings. The van der Waals surface area contributed by atoms with Crippen molar-refractivity contribution in [1.82, 2.24) is 19.9 Å². The molecule has 0 saturated carbocycles. The van der Waals surface area contributed by atoms with Crippen LogP contribution in [0.15, 0.2) is 91.3 Å². The van der Waals surface area contributed by atoms with E-state index < -0.39 is 0 Å². The number of benzene rings is 2. The molecular formula is C27H22N6OS2. The fourth-order valence-electron chi connectivity index (χ4n) is 4.61. The third-order valence-corrected chi connectivity index (χ3v) is 7.49. The molecule has 36 heavy (non-hydrogen) atoms. The summed E-state index contributed by atoms with van der Waals surface area (Å²) in [4.78, 5) is 23.1. The van der Waals surface area contributed by atoms with Crippen molar-refractivity contribution < 1.29 is 4.79 Å². The highest BCUT2D eigenvalue weighted by Crippen LogP contribution is 2.43. The van der Waals surface area contributed by atoms with Crippen molar-refractivity contribution >= 4 is 56.2 Å². The van der Waals surface area contributed by atoms with Gasteiger partial charge in [-0.25, -0.2) is 4.98 Å². The number of amides is 1. The molecule has 2 N–H and O–H groups in total. The number of carbonyl (C=O) groups excluding carboxylic acids is 1. The largest absolute Gasteiger partial charge is 0.351 e. The fraction of sp³-hybridized carbons (Fsp3) is 0.111. The number of para-hydroxylation sites is 1. The van der Waals surface area contributed by atoms with Crippen molar-refractivity contribution in [3.63, 3.8) is 0 Å². The first-order chi connectivity index (χ1) is 17.6. The van der Waals surface area contributed by atoms with Crippen LogP contribution >= 0.6 is 23.6 Å². The molecule has 7 nitrogen and oxygen atoms in total. The minimum Gasteiger partial charge on any atom is -0.351 e. The molecule has 0 radical (unpaired) electrons. The Morgan fingerprint density at radius 1 is 1.03 bits per heavy atom. The van der Waals surface area contributed by atoms with Crippen LogP contribution in [0.2, 0.25) is 0 Å². The molecule has 1 aliphatic heterocycles. The second-order valence-corrected chi connectivity index (χ2v) is 9.89. The van der Waals surface area contributed by atoms with Gasteiger partial charge in [-0.15, -0.1) is 0 Å². The number of fused-ring (bicyclic) bond motifs is 1. The van der Waals surface area contributed by atoms with E-state index in [9.17, 15) is 4.79 Å². The Morgan fingerprint density at radius 2 is 1.83 bits per heavy atom. The molecule has 6 rings (SSSR count). The highest BCUT2D eigenvalue weighted by Gasteiger charge is 2.42. The number of carbonyl (C=O) groups is 1. The highest BCUT2D eigenvalue weighted by atomic mass is 32.1. The second kappa shape index (κ2) is 9.18. The van der Waals surface area contributed by atoms with Crippen LogP contribution in [0.3, 0.4) is 0 Å². The molecule has 9 heteroatoms. The third-order valence-electron chi connectivity index (χ3n) is 6.14. The first-order valence-electron chi connectivity index (χ1n) is 11.5. The van der Waals surface area contributed by atoms with Crippen LogP contribution < -0.4 is 15.5 Å². The third kappa shape index (κ3) is 4.02. The normalized spacial score (nSPS) is 17.4. The molecule has 0 bridgehead atoms. The van der Waals surface area contributed by atoms with Crippen LogP contribution in [0.5, 0.6) is 0 Å². The Morgan fingerprint density at radius 3 is 2.58 bits per heavy atom. The Kier molecular flexibility index (Phi) is 5.71. The molecule has 178 valence electrons. The number of aromatic nitrogens is 3. The lowest BCUT2D eigenvalue weighted by atomic mass is 10.0. The van der Waals surface area contributed by atoms with Gasteiger partial charge >= 0.3 is 0 Å². The summed E-state index contributed by atoms with van der Waals surface area (Å²) in [5, 5.41) is 7.84. The number of hydrogen-bond acceptors (Lipinski definition) is 5. The minimum absolute atomic E-state index is 0.108. The van der Waals surface area contributed by atoms with Crippen molar-refractivity contribution in [1.29, 1.82) is 0 Å². The topological polar surface area (TPSA) is 75.1 Å². The van der Waals surface area contributed by atoms with E-state index in [2.05, 4.69) is 37.2 Å². The van der Waals surface area contributed by atoms with Gasteiger partial charge in [0.15, 0.2) is 10.2 Å². The second-order valence-electron chi connectivity index (χ2n) is 8.49. The number of hydrogen-bond donors (Lipinski definition) is 2. The maximum absolute atomic E-state index is 11.5. The summed E-state index contributed by atoms with van der Waals surface area (Å²) in [5.74, 6) is -0.108. The Hall–Kier alpha value is -4.08. The molecule has 1 aliphatic rings. The molecule has 1 amide bonds. The number of anilines is 2. The van der Waals surface area contributed by atoms with Crippen LogP contribution in [-0.2, 0) is 4.79 Å². The van der Waals surface area contributed by atoms with Crippen molar-refractivity contribution in [3.8, 4) is 5.13 Å². The van der Waals surface area contributed by atoms with Crippen molar-refractivity contribution in [2.24, 2.45) is 0 Å². The van der Waals surface area contributed by atoms with Gasteiger partial charge < -0.3 is 15.5 Å². The van der Waals surface area contributed by atoms with Gasteiger partial charge in [-0.2, -0.15) is 0 Å². The first kappa shape index (κ1) is 22.4. The molecule has 0 aliphatic carbocycles. The lowest BCUT2D eigenvalue weighted by Gasteiger charge is -2.28. The van der Waals surface area contributed by atoms with Gasteiger partial charge in [-0.3, -0.25) is 14.3 Å². The van der Waals surface area contributed by atoms with Gasteiger partial charge in [0.05, 0.1) is 27.6 Å². The highest BCUT2D eigenvalue weighted by molar-refractivity contribution is 7.80. The first-order valence-corrected chi connectivity index (χ1v) is 12.7. The van der Waals surface area contributed by atoms with Gasteiger partial charge in [0.25, 0.3) is 0 Å². The van der Waals surface area contributed by atoms with Crippen LogP contribution in [-0.4, -0.2) is 25.6 Å². The predicted octanol–water partition coefficient (Wildman–Crippen LogP) is 5.62. The predicted molar refractivity (Wildman–Crippen MR) is 148 cm³/mol. The zero-order valence-electron chi connectivity index (χ0n) is 19.3. The van der Waals surface area contributed by atoms with E-state index in [0.29, 0.717) is 5.11 Å². The maximum atomic E-state index is 11.5. The average molecular weight is 511 g/mol. The number of thiocarbonyl (C=S) groups is 1. The quantitative estimate of drug-likeness (QED) is 0.299. The fourth-order valence-corrected chi connectivity index (χ4v) is 5.93. The Balaban J connectivity index is 1.47. The summed E-state index contributed by atoms with van der Waals surface area (Å²) in [6, 6.07) is 25.6. The van der Waals surface area contributed by atoms with Crippen LogP contribution in [0.1, 0.15) is 30.4 Å². The summed E-state index contributed by atoms with van der Waals surface area (Å²) in [6.45, 7) is 1.50. The SMILES string of the molecule is CC(=O)Nc1ccc(N2C(=S)N[C@H](c3ccccn3)[C@@H]2c2cccn2-c2nc3ccccc3s2)cc1. The smallest absolute Gasteiger partial charge is 0.221 e. The molecular weight excluding hydrogens is 488 g/mol. The number of nitrogens with one attached hydrogen (secondary N) is 2. The van der Waals surface area contributed by atoms with Crippen LogP contribution in [0.4, 0.5) is 11.4 Å². The van der Waals surface area contributed by atoms with E-state index in [0.717, 1.165) is 38.1 Å². The van der Waals surface area contributed by atoms with Crippen molar-refractivity contribution in [2.75, 3.05) is 10.2 Å². The van der Waals surface area contributed by atoms with Gasteiger partial charge in [-0.05, 0) is 72.9 Å². The maximum Gasteiger partial charge on any atom is 0.221 e. The van der Waals surface area contributed by atoms with Gasteiger partial charge in [0, 0.05) is 30.7 Å². The number of rotatable bonds is 5. The molecule has 0 unspecified atom stereocenters. The van der Waals surface area contributed by atoms with E-state index in [1.54, 1.807) is 17.5 Å². The summed E-state index contributed by atoms with van der Waals surface area (Å²) in [6.07, 6.45) is 3.84.